The zero-order valence-electron chi connectivity index (χ0n) is 12.7. The molecule has 1 aromatic carbocycles. The fraction of sp³-hybridized carbons (Fsp3) is 0.294. The van der Waals surface area contributed by atoms with Gasteiger partial charge in [-0.3, -0.25) is 9.78 Å². The maximum atomic E-state index is 11.9. The van der Waals surface area contributed by atoms with Gasteiger partial charge < -0.3 is 15.2 Å². The first-order valence-corrected chi connectivity index (χ1v) is 7.11. The molecule has 5 nitrogen and oxygen atoms in total. The zero-order valence-corrected chi connectivity index (χ0v) is 12.7. The highest BCUT2D eigenvalue weighted by Gasteiger charge is 2.16. The molecular formula is C17H20N2O3. The van der Waals surface area contributed by atoms with Gasteiger partial charge in [-0.15, -0.1) is 0 Å². The third-order valence-electron chi connectivity index (χ3n) is 3.38. The van der Waals surface area contributed by atoms with Crippen molar-refractivity contribution in [2.24, 2.45) is 0 Å². The summed E-state index contributed by atoms with van der Waals surface area (Å²) < 4.78 is 5.47. The molecule has 0 radical (unpaired) electrons. The Morgan fingerprint density at radius 1 is 1.27 bits per heavy atom. The van der Waals surface area contributed by atoms with Crippen molar-refractivity contribution in [3.05, 3.63) is 59.4 Å². The van der Waals surface area contributed by atoms with E-state index in [0.29, 0.717) is 12.3 Å². The fourth-order valence-electron chi connectivity index (χ4n) is 1.96. The molecule has 0 saturated heterocycles. The number of rotatable bonds is 6. The Morgan fingerprint density at radius 2 is 2.05 bits per heavy atom. The van der Waals surface area contributed by atoms with Gasteiger partial charge in [0.2, 0.25) is 0 Å². The van der Waals surface area contributed by atoms with Crippen molar-refractivity contribution in [3.8, 4) is 5.75 Å². The lowest BCUT2D eigenvalue weighted by Crippen LogP contribution is -2.38. The van der Waals surface area contributed by atoms with Gasteiger partial charge in [0.1, 0.15) is 12.4 Å². The van der Waals surface area contributed by atoms with Crippen molar-refractivity contribution in [2.75, 3.05) is 6.61 Å². The lowest BCUT2D eigenvalue weighted by molar-refractivity contribution is -0.130. The number of carbonyl (C=O) groups excluding carboxylic acids is 1. The van der Waals surface area contributed by atoms with E-state index in [1.54, 1.807) is 18.5 Å². The number of hydrogen-bond donors (Lipinski definition) is 2. The maximum absolute atomic E-state index is 11.9. The largest absolute Gasteiger partial charge is 0.490 e. The molecule has 0 aliphatic rings. The van der Waals surface area contributed by atoms with Gasteiger partial charge in [-0.25, -0.2) is 0 Å². The van der Waals surface area contributed by atoms with Crippen molar-refractivity contribution >= 4 is 5.91 Å². The highest BCUT2D eigenvalue weighted by Crippen LogP contribution is 2.16. The van der Waals surface area contributed by atoms with E-state index in [4.69, 9.17) is 4.74 Å². The van der Waals surface area contributed by atoms with Gasteiger partial charge in [-0.1, -0.05) is 18.2 Å². The Morgan fingerprint density at radius 3 is 2.77 bits per heavy atom. The van der Waals surface area contributed by atoms with Crippen LogP contribution in [0.25, 0.3) is 0 Å². The highest BCUT2D eigenvalue weighted by molar-refractivity contribution is 5.80. The number of pyridine rings is 1. The molecular weight excluding hydrogens is 280 g/mol. The van der Waals surface area contributed by atoms with Gasteiger partial charge in [0.15, 0.2) is 6.10 Å². The first-order valence-electron chi connectivity index (χ1n) is 7.11. The lowest BCUT2D eigenvalue weighted by Gasteiger charge is -2.14. The summed E-state index contributed by atoms with van der Waals surface area (Å²) in [5.74, 6) is 0.212. The molecule has 0 aliphatic heterocycles. The average molecular weight is 300 g/mol. The van der Waals surface area contributed by atoms with Crippen LogP contribution in [0.1, 0.15) is 16.7 Å². The summed E-state index contributed by atoms with van der Waals surface area (Å²) in [4.78, 5) is 15.9. The van der Waals surface area contributed by atoms with Crippen LogP contribution >= 0.6 is 0 Å². The van der Waals surface area contributed by atoms with E-state index in [-0.39, 0.29) is 6.61 Å². The molecule has 0 bridgehead atoms. The smallest absolute Gasteiger partial charge is 0.252 e. The second-order valence-corrected chi connectivity index (χ2v) is 5.11. The van der Waals surface area contributed by atoms with E-state index in [1.165, 1.54) is 0 Å². The molecule has 0 saturated carbocycles. The number of aryl methyl sites for hydroxylation is 2. The van der Waals surface area contributed by atoms with Crippen LogP contribution in [0.4, 0.5) is 0 Å². The van der Waals surface area contributed by atoms with Gasteiger partial charge in [-0.05, 0) is 42.7 Å². The van der Waals surface area contributed by atoms with E-state index in [1.807, 2.05) is 38.1 Å². The summed E-state index contributed by atoms with van der Waals surface area (Å²) in [6.45, 7) is 4.11. The molecule has 0 fully saturated rings. The number of ether oxygens (including phenoxy) is 1. The second kappa shape index (κ2) is 7.56. The van der Waals surface area contributed by atoms with Gasteiger partial charge in [0, 0.05) is 18.9 Å². The third-order valence-corrected chi connectivity index (χ3v) is 3.38. The summed E-state index contributed by atoms with van der Waals surface area (Å²) in [6.07, 6.45) is 2.20. The molecule has 0 spiro atoms. The molecule has 2 N–H and O–H groups in total. The highest BCUT2D eigenvalue weighted by atomic mass is 16.5. The summed E-state index contributed by atoms with van der Waals surface area (Å²) in [6, 6.07) is 9.31. The number of aliphatic hydroxyl groups is 1. The van der Waals surface area contributed by atoms with Gasteiger partial charge in [-0.2, -0.15) is 0 Å². The molecule has 1 amide bonds. The van der Waals surface area contributed by atoms with Crippen LogP contribution in [0, 0.1) is 13.8 Å². The molecule has 2 rings (SSSR count). The first-order chi connectivity index (χ1) is 10.6. The van der Waals surface area contributed by atoms with Crippen LogP contribution in [0.15, 0.2) is 42.7 Å². The molecule has 0 unspecified atom stereocenters. The average Bonchev–Trinajstić information content (AvgIpc) is 2.52. The summed E-state index contributed by atoms with van der Waals surface area (Å²) in [5.41, 5.74) is 2.92. The minimum Gasteiger partial charge on any atom is -0.490 e. The van der Waals surface area contributed by atoms with Crippen LogP contribution in [0.2, 0.25) is 0 Å². The van der Waals surface area contributed by atoms with E-state index in [2.05, 4.69) is 10.3 Å². The van der Waals surface area contributed by atoms with Crippen LogP contribution in [-0.4, -0.2) is 28.7 Å². The molecule has 1 heterocycles. The minimum atomic E-state index is -1.21. The van der Waals surface area contributed by atoms with Crippen molar-refractivity contribution in [3.63, 3.8) is 0 Å². The van der Waals surface area contributed by atoms with Gasteiger partial charge in [0.05, 0.1) is 0 Å². The number of para-hydroxylation sites is 1. The van der Waals surface area contributed by atoms with E-state index < -0.39 is 12.0 Å². The summed E-state index contributed by atoms with van der Waals surface area (Å²) in [7, 11) is 0. The maximum Gasteiger partial charge on any atom is 0.252 e. The molecule has 1 atom stereocenters. The summed E-state index contributed by atoms with van der Waals surface area (Å²) >= 11 is 0. The normalized spacial score (nSPS) is 11.8. The van der Waals surface area contributed by atoms with Crippen molar-refractivity contribution < 1.29 is 14.6 Å². The number of benzene rings is 1. The number of amides is 1. The third kappa shape index (κ3) is 4.30. The Hall–Kier alpha value is -2.40. The second-order valence-electron chi connectivity index (χ2n) is 5.11. The molecule has 5 heteroatoms. The van der Waals surface area contributed by atoms with E-state index in [0.717, 1.165) is 16.7 Å². The van der Waals surface area contributed by atoms with Crippen LogP contribution in [0.5, 0.6) is 5.75 Å². The molecule has 1 aromatic heterocycles. The Kier molecular flexibility index (Phi) is 5.49. The lowest BCUT2D eigenvalue weighted by atomic mass is 10.1. The SMILES string of the molecule is Cc1cnccc1CNC(=O)[C@@H](O)COc1ccccc1C. The van der Waals surface area contributed by atoms with Crippen LogP contribution in [-0.2, 0) is 11.3 Å². The molecule has 0 aliphatic carbocycles. The molecule has 116 valence electrons. The van der Waals surface area contributed by atoms with Crippen molar-refractivity contribution in [1.29, 1.82) is 0 Å². The topological polar surface area (TPSA) is 71.5 Å². The predicted molar refractivity (Wildman–Crippen MR) is 83.5 cm³/mol. The zero-order chi connectivity index (χ0) is 15.9. The Bertz CT molecular complexity index is 643. The molecule has 22 heavy (non-hydrogen) atoms. The van der Waals surface area contributed by atoms with Crippen molar-refractivity contribution in [2.45, 2.75) is 26.5 Å². The van der Waals surface area contributed by atoms with E-state index >= 15 is 0 Å². The summed E-state index contributed by atoms with van der Waals surface area (Å²) in [5, 5.41) is 12.6. The minimum absolute atomic E-state index is 0.0774. The molecule has 2 aromatic rings. The van der Waals surface area contributed by atoms with Gasteiger partial charge >= 0.3 is 0 Å². The van der Waals surface area contributed by atoms with Gasteiger partial charge in [0.25, 0.3) is 5.91 Å². The number of hydrogen-bond acceptors (Lipinski definition) is 4. The Balaban J connectivity index is 1.82. The van der Waals surface area contributed by atoms with Crippen LogP contribution < -0.4 is 10.1 Å². The van der Waals surface area contributed by atoms with Crippen LogP contribution in [0.3, 0.4) is 0 Å². The quantitative estimate of drug-likeness (QED) is 0.852. The monoisotopic (exact) mass is 300 g/mol. The number of aromatic nitrogens is 1. The number of nitrogens with zero attached hydrogens (tertiary/aromatic N) is 1. The number of nitrogens with one attached hydrogen (secondary N) is 1. The van der Waals surface area contributed by atoms with E-state index in [9.17, 15) is 9.90 Å². The number of aliphatic hydroxyl groups excluding tert-OH is 1. The first kappa shape index (κ1) is 16.0. The standard InChI is InChI=1S/C17H20N2O3/c1-12-5-3-4-6-16(12)22-11-15(20)17(21)19-10-14-7-8-18-9-13(14)2/h3-9,15,20H,10-11H2,1-2H3,(H,19,21)/t15-/m0/s1. The number of carbonyl (C=O) groups is 1. The fourth-order valence-corrected chi connectivity index (χ4v) is 1.96. The predicted octanol–water partition coefficient (Wildman–Crippen LogP) is 1.75. The van der Waals surface area contributed by atoms with Crippen molar-refractivity contribution in [1.82, 2.24) is 10.3 Å². The Labute approximate surface area is 130 Å².